The zero-order chi connectivity index (χ0) is 16.9. The van der Waals surface area contributed by atoms with Crippen LogP contribution in [0.15, 0.2) is 12.1 Å². The molecule has 0 radical (unpaired) electrons. The predicted molar refractivity (Wildman–Crippen MR) is 85.9 cm³/mol. The second-order valence-corrected chi connectivity index (χ2v) is 6.02. The Morgan fingerprint density at radius 2 is 1.78 bits per heavy atom. The van der Waals surface area contributed by atoms with Gasteiger partial charge in [-0.15, -0.1) is 10.1 Å². The SMILES string of the molecule is CCCc1ccc(Oc2nc(NC(C)(C)C)nc(OC)n2)nn1. The predicted octanol–water partition coefficient (Wildman–Crippen LogP) is 2.63. The Bertz CT molecular complexity index is 639. The molecule has 0 fully saturated rings. The summed E-state index contributed by atoms with van der Waals surface area (Å²) in [6.07, 6.45) is 1.90. The molecule has 0 atom stereocenters. The molecule has 2 heterocycles. The van der Waals surface area contributed by atoms with Gasteiger partial charge in [-0.25, -0.2) is 0 Å². The molecule has 2 rings (SSSR count). The van der Waals surface area contributed by atoms with Crippen molar-refractivity contribution >= 4 is 5.95 Å². The summed E-state index contributed by atoms with van der Waals surface area (Å²) in [6, 6.07) is 3.88. The van der Waals surface area contributed by atoms with Crippen LogP contribution in [0.5, 0.6) is 17.9 Å². The maximum absolute atomic E-state index is 5.55. The maximum Gasteiger partial charge on any atom is 0.331 e. The Balaban J connectivity index is 2.19. The van der Waals surface area contributed by atoms with Crippen LogP contribution in [0.1, 0.15) is 39.8 Å². The Morgan fingerprint density at radius 1 is 1.04 bits per heavy atom. The lowest BCUT2D eigenvalue weighted by Crippen LogP contribution is -2.27. The molecule has 0 spiro atoms. The van der Waals surface area contributed by atoms with Crippen LogP contribution in [0.25, 0.3) is 0 Å². The van der Waals surface area contributed by atoms with Crippen LogP contribution < -0.4 is 14.8 Å². The van der Waals surface area contributed by atoms with Crippen molar-refractivity contribution in [2.45, 2.75) is 46.1 Å². The van der Waals surface area contributed by atoms with Crippen molar-refractivity contribution in [2.24, 2.45) is 0 Å². The fraction of sp³-hybridized carbons (Fsp3) is 0.533. The molecular weight excluding hydrogens is 296 g/mol. The van der Waals surface area contributed by atoms with Gasteiger partial charge < -0.3 is 14.8 Å². The standard InChI is InChI=1S/C15H22N6O2/c1-6-7-10-8-9-11(21-20-10)23-14-17-12(19-15(2,3)4)16-13(18-14)22-5/h8-9H,6-7H2,1-5H3,(H,16,17,18,19). The largest absolute Gasteiger partial charge is 0.467 e. The van der Waals surface area contributed by atoms with Gasteiger partial charge in [-0.2, -0.15) is 15.1 Å². The molecule has 0 unspecified atom stereocenters. The smallest absolute Gasteiger partial charge is 0.331 e. The number of hydrogen-bond donors (Lipinski definition) is 1. The number of ether oxygens (including phenoxy) is 2. The van der Waals surface area contributed by atoms with E-state index in [9.17, 15) is 0 Å². The highest BCUT2D eigenvalue weighted by atomic mass is 16.5. The van der Waals surface area contributed by atoms with E-state index in [0.717, 1.165) is 18.5 Å². The molecule has 0 aliphatic heterocycles. The molecule has 2 aromatic heterocycles. The topological polar surface area (TPSA) is 94.9 Å². The third kappa shape index (κ3) is 5.32. The second kappa shape index (κ2) is 7.17. The minimum atomic E-state index is -0.203. The van der Waals surface area contributed by atoms with Gasteiger partial charge in [-0.05, 0) is 33.3 Å². The van der Waals surface area contributed by atoms with Crippen LogP contribution in [0, 0.1) is 0 Å². The molecule has 0 saturated carbocycles. The minimum absolute atomic E-state index is 0.0983. The van der Waals surface area contributed by atoms with Gasteiger partial charge in [0, 0.05) is 11.6 Å². The third-order valence-electron chi connectivity index (χ3n) is 2.66. The van der Waals surface area contributed by atoms with Crippen LogP contribution in [0.3, 0.4) is 0 Å². The Kier molecular flexibility index (Phi) is 5.25. The van der Waals surface area contributed by atoms with E-state index >= 15 is 0 Å². The summed E-state index contributed by atoms with van der Waals surface area (Å²) >= 11 is 0. The lowest BCUT2D eigenvalue weighted by molar-refractivity contribution is 0.355. The van der Waals surface area contributed by atoms with Gasteiger partial charge in [-0.1, -0.05) is 13.3 Å². The zero-order valence-electron chi connectivity index (χ0n) is 14.1. The Labute approximate surface area is 135 Å². The van der Waals surface area contributed by atoms with Crippen molar-refractivity contribution in [3.05, 3.63) is 17.8 Å². The highest BCUT2D eigenvalue weighted by molar-refractivity contribution is 5.31. The van der Waals surface area contributed by atoms with E-state index in [2.05, 4.69) is 37.4 Å². The van der Waals surface area contributed by atoms with Crippen molar-refractivity contribution in [3.8, 4) is 17.9 Å². The van der Waals surface area contributed by atoms with E-state index in [0.29, 0.717) is 11.8 Å². The molecule has 23 heavy (non-hydrogen) atoms. The summed E-state index contributed by atoms with van der Waals surface area (Å²) in [5, 5.41) is 11.3. The normalized spacial score (nSPS) is 11.2. The van der Waals surface area contributed by atoms with E-state index < -0.39 is 0 Å². The van der Waals surface area contributed by atoms with E-state index in [1.165, 1.54) is 7.11 Å². The van der Waals surface area contributed by atoms with E-state index in [1.807, 2.05) is 26.8 Å². The average molecular weight is 318 g/mol. The lowest BCUT2D eigenvalue weighted by atomic mass is 10.1. The molecule has 1 N–H and O–H groups in total. The summed E-state index contributed by atoms with van der Waals surface area (Å²) < 4.78 is 10.6. The monoisotopic (exact) mass is 318 g/mol. The van der Waals surface area contributed by atoms with Crippen molar-refractivity contribution in [1.29, 1.82) is 0 Å². The Morgan fingerprint density at radius 3 is 2.35 bits per heavy atom. The average Bonchev–Trinajstić information content (AvgIpc) is 2.47. The fourth-order valence-corrected chi connectivity index (χ4v) is 1.75. The second-order valence-electron chi connectivity index (χ2n) is 6.02. The van der Waals surface area contributed by atoms with Crippen LogP contribution >= 0.6 is 0 Å². The van der Waals surface area contributed by atoms with Gasteiger partial charge in [-0.3, -0.25) is 0 Å². The molecular formula is C15H22N6O2. The Hall–Kier alpha value is -2.51. The van der Waals surface area contributed by atoms with Crippen LogP contribution in [0.2, 0.25) is 0 Å². The van der Waals surface area contributed by atoms with Gasteiger partial charge in [0.25, 0.3) is 0 Å². The van der Waals surface area contributed by atoms with Crippen LogP contribution in [-0.2, 0) is 6.42 Å². The summed E-state index contributed by atoms with van der Waals surface area (Å²) in [6.45, 7) is 8.10. The lowest BCUT2D eigenvalue weighted by Gasteiger charge is -2.20. The number of methoxy groups -OCH3 is 1. The molecule has 0 bridgehead atoms. The molecule has 0 aliphatic rings. The number of aromatic nitrogens is 5. The zero-order valence-corrected chi connectivity index (χ0v) is 14.1. The minimum Gasteiger partial charge on any atom is -0.467 e. The van der Waals surface area contributed by atoms with Crippen molar-refractivity contribution in [3.63, 3.8) is 0 Å². The van der Waals surface area contributed by atoms with E-state index in [1.54, 1.807) is 6.07 Å². The number of rotatable bonds is 6. The first-order chi connectivity index (χ1) is 10.9. The van der Waals surface area contributed by atoms with E-state index in [4.69, 9.17) is 9.47 Å². The quantitative estimate of drug-likeness (QED) is 0.868. The van der Waals surface area contributed by atoms with Gasteiger partial charge in [0.05, 0.1) is 12.8 Å². The maximum atomic E-state index is 5.55. The van der Waals surface area contributed by atoms with Gasteiger partial charge >= 0.3 is 12.0 Å². The van der Waals surface area contributed by atoms with Crippen LogP contribution in [0.4, 0.5) is 5.95 Å². The summed E-state index contributed by atoms with van der Waals surface area (Å²) in [5.41, 5.74) is 0.716. The summed E-state index contributed by atoms with van der Waals surface area (Å²) in [4.78, 5) is 12.4. The molecule has 8 nitrogen and oxygen atoms in total. The molecule has 2 aromatic rings. The van der Waals surface area contributed by atoms with Gasteiger partial charge in [0.2, 0.25) is 11.8 Å². The highest BCUT2D eigenvalue weighted by Crippen LogP contribution is 2.20. The summed E-state index contributed by atoms with van der Waals surface area (Å²) in [5.74, 6) is 0.690. The van der Waals surface area contributed by atoms with Gasteiger partial charge in [0.15, 0.2) is 0 Å². The highest BCUT2D eigenvalue weighted by Gasteiger charge is 2.15. The van der Waals surface area contributed by atoms with Crippen molar-refractivity contribution in [2.75, 3.05) is 12.4 Å². The molecule has 0 saturated heterocycles. The number of nitrogens with one attached hydrogen (secondary N) is 1. The first-order valence-corrected chi connectivity index (χ1v) is 7.48. The molecule has 8 heteroatoms. The van der Waals surface area contributed by atoms with Crippen molar-refractivity contribution in [1.82, 2.24) is 25.1 Å². The molecule has 0 aliphatic carbocycles. The first-order valence-electron chi connectivity index (χ1n) is 7.48. The van der Waals surface area contributed by atoms with Crippen molar-refractivity contribution < 1.29 is 9.47 Å². The molecule has 0 amide bonds. The molecule has 124 valence electrons. The van der Waals surface area contributed by atoms with E-state index in [-0.39, 0.29) is 17.6 Å². The fourth-order valence-electron chi connectivity index (χ4n) is 1.75. The third-order valence-corrected chi connectivity index (χ3v) is 2.66. The number of hydrogen-bond acceptors (Lipinski definition) is 8. The molecule has 0 aromatic carbocycles. The van der Waals surface area contributed by atoms with Gasteiger partial charge in [0.1, 0.15) is 0 Å². The summed E-state index contributed by atoms with van der Waals surface area (Å²) in [7, 11) is 1.49. The van der Waals surface area contributed by atoms with Crippen LogP contribution in [-0.4, -0.2) is 37.8 Å². The number of nitrogens with zero attached hydrogens (tertiary/aromatic N) is 5. The number of anilines is 1. The number of aryl methyl sites for hydroxylation is 1. The first kappa shape index (κ1) is 16.9.